The molecule has 0 aliphatic carbocycles. The molecule has 18 heteroatoms. The second-order valence-corrected chi connectivity index (χ2v) is 17.5. The van der Waals surface area contributed by atoms with Gasteiger partial charge in [-0.1, -0.05) is 36.4 Å². The zero-order valence-electron chi connectivity index (χ0n) is 34.7. The topological polar surface area (TPSA) is 211 Å². The first kappa shape index (κ1) is 47.4. The van der Waals surface area contributed by atoms with E-state index in [0.29, 0.717) is 52.6 Å². The van der Waals surface area contributed by atoms with Crippen LogP contribution in [0.5, 0.6) is 34.5 Å². The molecule has 0 bridgehead atoms. The van der Waals surface area contributed by atoms with Crippen LogP contribution >= 0.6 is 12.0 Å². The van der Waals surface area contributed by atoms with Gasteiger partial charge in [0.05, 0.1) is 21.8 Å². The van der Waals surface area contributed by atoms with Crippen molar-refractivity contribution in [2.45, 2.75) is 14.7 Å². The number of hydrogen-bond acceptors (Lipinski definition) is 16. The van der Waals surface area contributed by atoms with E-state index in [1.165, 1.54) is 48.5 Å². The van der Waals surface area contributed by atoms with Crippen molar-refractivity contribution < 1.29 is 69.0 Å². The molecule has 0 unspecified atom stereocenters. The van der Waals surface area contributed by atoms with Crippen LogP contribution in [0.15, 0.2) is 178 Å². The fourth-order valence-electron chi connectivity index (χ4n) is 6.37. The highest BCUT2D eigenvalue weighted by Crippen LogP contribution is 2.35. The lowest BCUT2D eigenvalue weighted by Crippen LogP contribution is -2.09. The van der Waals surface area contributed by atoms with Crippen molar-refractivity contribution in [1.82, 2.24) is 0 Å². The smallest absolute Gasteiger partial charge is 0.124 e. The van der Waals surface area contributed by atoms with Gasteiger partial charge in [-0.15, -0.1) is 0 Å². The van der Waals surface area contributed by atoms with Gasteiger partial charge in [-0.05, 0) is 161 Å². The highest BCUT2D eigenvalue weighted by atomic mass is 32.2. The fraction of sp³-hybridized carbons (Fsp3) is 0.125. The largest absolute Gasteiger partial charge is 0.744 e. The maximum Gasteiger partial charge on any atom is 0.124 e. The maximum atomic E-state index is 11.2. The third-order valence-electron chi connectivity index (χ3n) is 9.56. The molecule has 342 valence electrons. The Labute approximate surface area is 385 Å². The van der Waals surface area contributed by atoms with Crippen LogP contribution in [-0.2, 0) is 29.6 Å². The van der Waals surface area contributed by atoms with Gasteiger partial charge in [0.15, 0.2) is 0 Å². The lowest BCUT2D eigenvalue weighted by atomic mass is 9.93. The molecule has 0 amide bonds. The fourth-order valence-corrected chi connectivity index (χ4v) is 7.66. The standard InChI is InChI=1S/C48H42O15S3/c49-62-63-64-46-19-13-43(14-20-46)59-28-25-56-40-7-1-34(2-8-40)37-31-38(35-3-9-41(10-4-35)57-26-29-60-44-15-21-47(22-16-44)65(50,51)52)33-39(32-37)36-5-11-42(12-6-36)58-27-30-61-45-17-23-48(24-18-45)66(53,54)55/h1-24,31-33,49H,25-30H2,(H,50,51,52)(H,53,54,55)/p-3. The van der Waals surface area contributed by atoms with Crippen LogP contribution in [0.3, 0.4) is 0 Å². The Bertz CT molecular complexity index is 2710. The first-order valence-electron chi connectivity index (χ1n) is 20.0. The zero-order valence-corrected chi connectivity index (χ0v) is 37.1. The molecule has 0 N–H and O–H groups in total. The van der Waals surface area contributed by atoms with Gasteiger partial charge in [-0.3, -0.25) is 5.04 Å². The predicted molar refractivity (Wildman–Crippen MR) is 239 cm³/mol. The van der Waals surface area contributed by atoms with Gasteiger partial charge in [0.2, 0.25) is 0 Å². The van der Waals surface area contributed by atoms with E-state index >= 15 is 0 Å². The number of hydrogen-bond donors (Lipinski definition) is 0. The Morgan fingerprint density at radius 3 is 0.833 bits per heavy atom. The van der Waals surface area contributed by atoms with Crippen LogP contribution in [0.1, 0.15) is 0 Å². The first-order chi connectivity index (χ1) is 31.9. The summed E-state index contributed by atoms with van der Waals surface area (Å²) in [6.45, 7) is 1.42. The summed E-state index contributed by atoms with van der Waals surface area (Å²) in [7, 11) is -9.08. The van der Waals surface area contributed by atoms with Gasteiger partial charge in [0.25, 0.3) is 0 Å². The van der Waals surface area contributed by atoms with Gasteiger partial charge in [-0.25, -0.2) is 16.8 Å². The third kappa shape index (κ3) is 13.9. The van der Waals surface area contributed by atoms with E-state index in [1.54, 1.807) is 24.3 Å². The molecular weight excluding hydrogens is 913 g/mol. The lowest BCUT2D eigenvalue weighted by Gasteiger charge is -2.14. The van der Waals surface area contributed by atoms with Gasteiger partial charge in [0.1, 0.15) is 94.4 Å². The van der Waals surface area contributed by atoms with Gasteiger partial charge in [-0.2, -0.15) is 4.33 Å². The summed E-state index contributed by atoms with van der Waals surface area (Å²) < 4.78 is 106. The van der Waals surface area contributed by atoms with Crippen molar-refractivity contribution in [3.8, 4) is 67.9 Å². The van der Waals surface area contributed by atoms with Crippen molar-refractivity contribution in [2.75, 3.05) is 39.6 Å². The van der Waals surface area contributed by atoms with Crippen molar-refractivity contribution >= 4 is 32.3 Å². The Kier molecular flexibility index (Phi) is 16.2. The van der Waals surface area contributed by atoms with E-state index in [9.17, 15) is 31.2 Å². The van der Waals surface area contributed by atoms with E-state index < -0.39 is 20.2 Å². The van der Waals surface area contributed by atoms with Crippen molar-refractivity contribution in [3.05, 3.63) is 164 Å². The number of rotatable bonds is 23. The zero-order chi connectivity index (χ0) is 46.4. The summed E-state index contributed by atoms with van der Waals surface area (Å²) in [5.74, 6) is 3.35. The molecule has 0 radical (unpaired) electrons. The monoisotopic (exact) mass is 951 g/mol. The lowest BCUT2D eigenvalue weighted by molar-refractivity contribution is -0.777. The van der Waals surface area contributed by atoms with Crippen molar-refractivity contribution in [3.63, 3.8) is 0 Å². The van der Waals surface area contributed by atoms with E-state index in [1.807, 2.05) is 72.8 Å². The third-order valence-corrected chi connectivity index (χ3v) is 11.9. The molecule has 0 aromatic heterocycles. The summed E-state index contributed by atoms with van der Waals surface area (Å²) in [4.78, 5) is 0.0168. The molecule has 7 rings (SSSR count). The van der Waals surface area contributed by atoms with Crippen molar-refractivity contribution in [1.29, 1.82) is 0 Å². The first-order valence-corrected chi connectivity index (χ1v) is 23.5. The Morgan fingerprint density at radius 2 is 0.591 bits per heavy atom. The highest BCUT2D eigenvalue weighted by molar-refractivity contribution is 7.94. The average Bonchev–Trinajstić information content (AvgIpc) is 3.33. The quantitative estimate of drug-likeness (QED) is 0.0195. The molecule has 0 saturated carbocycles. The molecule has 7 aromatic carbocycles. The minimum Gasteiger partial charge on any atom is -0.744 e. The van der Waals surface area contributed by atoms with Crippen LogP contribution in [0.2, 0.25) is 0 Å². The molecule has 0 heterocycles. The SMILES string of the molecule is O=S(=O)([O-])c1ccc(OCCOc2ccc(-c3cc(-c4ccc(OCCOc5ccc(SOO[O-])cc5)cc4)cc(-c4ccc(OCCOc5ccc(S(=O)(=O)[O-])cc5)cc4)c3)cc2)cc1. The molecule has 15 nitrogen and oxygen atoms in total. The highest BCUT2D eigenvalue weighted by Gasteiger charge is 2.11. The van der Waals surface area contributed by atoms with Crippen LogP contribution in [0.4, 0.5) is 0 Å². The van der Waals surface area contributed by atoms with E-state index in [4.69, 9.17) is 28.4 Å². The van der Waals surface area contributed by atoms with Gasteiger partial charge in [0, 0.05) is 4.90 Å². The molecule has 0 aliphatic rings. The van der Waals surface area contributed by atoms with Gasteiger partial charge >= 0.3 is 0 Å². The summed E-state index contributed by atoms with van der Waals surface area (Å²) in [6, 6.07) is 46.8. The maximum absolute atomic E-state index is 11.2. The second-order valence-electron chi connectivity index (χ2n) is 14.0. The molecule has 0 saturated heterocycles. The summed E-state index contributed by atoms with van der Waals surface area (Å²) >= 11 is 0.796. The molecule has 0 spiro atoms. The van der Waals surface area contributed by atoms with Crippen molar-refractivity contribution in [2.24, 2.45) is 0 Å². The average molecular weight is 952 g/mol. The van der Waals surface area contributed by atoms with Crippen LogP contribution < -0.4 is 33.7 Å². The molecule has 0 aliphatic heterocycles. The van der Waals surface area contributed by atoms with Gasteiger partial charge < -0.3 is 42.8 Å². The Balaban J connectivity index is 1.00. The molecule has 0 fully saturated rings. The summed E-state index contributed by atoms with van der Waals surface area (Å²) in [6.07, 6.45) is 0. The van der Waals surface area contributed by atoms with E-state index in [2.05, 4.69) is 27.6 Å². The van der Waals surface area contributed by atoms with E-state index in [0.717, 1.165) is 45.4 Å². The normalized spacial score (nSPS) is 11.4. The number of benzene rings is 7. The summed E-state index contributed by atoms with van der Waals surface area (Å²) in [5.41, 5.74) is 5.71. The molecule has 7 aromatic rings. The molecule has 66 heavy (non-hydrogen) atoms. The van der Waals surface area contributed by atoms with Crippen LogP contribution in [-0.4, -0.2) is 65.6 Å². The molecular formula is C48H39O15S3-3. The van der Waals surface area contributed by atoms with Crippen LogP contribution in [0, 0.1) is 0 Å². The molecule has 0 atom stereocenters. The minimum absolute atomic E-state index is 0.188. The van der Waals surface area contributed by atoms with E-state index in [-0.39, 0.29) is 36.2 Å². The minimum atomic E-state index is -4.54. The summed E-state index contributed by atoms with van der Waals surface area (Å²) in [5, 5.41) is 13.4. The Hall–Kier alpha value is -6.61. The number of ether oxygens (including phenoxy) is 6. The predicted octanol–water partition coefficient (Wildman–Crippen LogP) is 8.10. The van der Waals surface area contributed by atoms with Crippen LogP contribution in [0.25, 0.3) is 33.4 Å². The second kappa shape index (κ2) is 22.5. The Morgan fingerprint density at radius 1 is 0.348 bits per heavy atom.